The average Bonchev–Trinajstić information content (AvgIpc) is 2.77. The minimum Gasteiger partial charge on any atom is -0.335 e. The zero-order valence-corrected chi connectivity index (χ0v) is 13.6. The van der Waals surface area contributed by atoms with E-state index in [0.717, 1.165) is 18.7 Å². The maximum atomic E-state index is 12.5. The van der Waals surface area contributed by atoms with Crippen LogP contribution in [0.5, 0.6) is 0 Å². The minimum absolute atomic E-state index is 0.134. The molecule has 21 heavy (non-hydrogen) atoms. The van der Waals surface area contributed by atoms with Crippen molar-refractivity contribution in [2.45, 2.75) is 44.6 Å². The normalized spacial score (nSPS) is 21.6. The van der Waals surface area contributed by atoms with E-state index in [1.807, 2.05) is 17.0 Å². The summed E-state index contributed by atoms with van der Waals surface area (Å²) < 4.78 is 0. The summed E-state index contributed by atoms with van der Waals surface area (Å²) in [6.07, 6.45) is 2.50. The Hall–Kier alpha value is -1.35. The number of hydrogen-bond donors (Lipinski definition) is 0. The molecule has 0 N–H and O–H groups in total. The summed E-state index contributed by atoms with van der Waals surface area (Å²) in [4.78, 5) is 17.0. The topological polar surface area (TPSA) is 23.6 Å². The first-order chi connectivity index (χ1) is 9.82. The number of likely N-dealkylation sites (tertiary alicyclic amines) is 2. The van der Waals surface area contributed by atoms with Crippen LogP contribution in [0.1, 0.15) is 49.5 Å². The molecule has 2 fully saturated rings. The maximum Gasteiger partial charge on any atom is 0.253 e. The molecule has 0 atom stereocenters. The van der Waals surface area contributed by atoms with Crippen molar-refractivity contribution in [1.82, 2.24) is 9.80 Å². The second kappa shape index (κ2) is 4.84. The standard InChI is InChI=1S/C18H26N2O/c1-17(2,3)15-8-6-14(7-9-15)16(21)20-12-18(13-20)10-5-11-19(18)4/h6-9H,5,10-13H2,1-4H3. The van der Waals surface area contributed by atoms with Gasteiger partial charge in [0.25, 0.3) is 5.91 Å². The monoisotopic (exact) mass is 286 g/mol. The van der Waals surface area contributed by atoms with Crippen molar-refractivity contribution in [2.24, 2.45) is 0 Å². The molecule has 0 aromatic heterocycles. The number of nitrogens with zero attached hydrogens (tertiary/aromatic N) is 2. The molecule has 0 aliphatic carbocycles. The van der Waals surface area contributed by atoms with Crippen LogP contribution in [0.2, 0.25) is 0 Å². The summed E-state index contributed by atoms with van der Waals surface area (Å²) in [6.45, 7) is 9.53. The van der Waals surface area contributed by atoms with Crippen molar-refractivity contribution in [3.63, 3.8) is 0 Å². The summed E-state index contributed by atoms with van der Waals surface area (Å²) in [7, 11) is 2.19. The van der Waals surface area contributed by atoms with Crippen LogP contribution in [-0.4, -0.2) is 47.9 Å². The fourth-order valence-corrected chi connectivity index (χ4v) is 3.58. The van der Waals surface area contributed by atoms with Crippen LogP contribution in [0.3, 0.4) is 0 Å². The van der Waals surface area contributed by atoms with Crippen molar-refractivity contribution < 1.29 is 4.79 Å². The Labute approximate surface area is 127 Å². The van der Waals surface area contributed by atoms with Gasteiger partial charge in [0.1, 0.15) is 0 Å². The van der Waals surface area contributed by atoms with E-state index in [1.165, 1.54) is 24.9 Å². The molecule has 1 amide bonds. The van der Waals surface area contributed by atoms with Crippen molar-refractivity contribution >= 4 is 5.91 Å². The van der Waals surface area contributed by atoms with Gasteiger partial charge in [0, 0.05) is 18.7 Å². The zero-order chi connectivity index (χ0) is 15.3. The van der Waals surface area contributed by atoms with Crippen LogP contribution in [0.15, 0.2) is 24.3 Å². The van der Waals surface area contributed by atoms with Crippen LogP contribution >= 0.6 is 0 Å². The van der Waals surface area contributed by atoms with Crippen molar-refractivity contribution in [3.05, 3.63) is 35.4 Å². The molecule has 2 heterocycles. The van der Waals surface area contributed by atoms with Gasteiger partial charge in [-0.3, -0.25) is 9.69 Å². The molecule has 3 nitrogen and oxygen atoms in total. The molecule has 3 heteroatoms. The zero-order valence-electron chi connectivity index (χ0n) is 13.6. The Bertz CT molecular complexity index is 535. The molecule has 2 saturated heterocycles. The number of amides is 1. The summed E-state index contributed by atoms with van der Waals surface area (Å²) in [5.74, 6) is 0.182. The molecule has 0 unspecified atom stereocenters. The summed E-state index contributed by atoms with van der Waals surface area (Å²) in [5.41, 5.74) is 2.50. The molecule has 0 bridgehead atoms. The van der Waals surface area contributed by atoms with Crippen LogP contribution in [0.4, 0.5) is 0 Å². The molecule has 1 aromatic rings. The predicted octanol–water partition coefficient (Wildman–Crippen LogP) is 2.90. The van der Waals surface area contributed by atoms with Crippen LogP contribution in [0, 0.1) is 0 Å². The van der Waals surface area contributed by atoms with Crippen LogP contribution < -0.4 is 0 Å². The SMILES string of the molecule is CN1CCCC12CN(C(=O)c1ccc(C(C)(C)C)cc1)C2. The third-order valence-electron chi connectivity index (χ3n) is 5.20. The molecule has 1 spiro atoms. The van der Waals surface area contributed by atoms with Gasteiger partial charge in [0.2, 0.25) is 0 Å². The van der Waals surface area contributed by atoms with Crippen LogP contribution in [0.25, 0.3) is 0 Å². The van der Waals surface area contributed by atoms with Gasteiger partial charge in [0.05, 0.1) is 5.54 Å². The van der Waals surface area contributed by atoms with E-state index in [9.17, 15) is 4.79 Å². The number of carbonyl (C=O) groups excluding carboxylic acids is 1. The smallest absolute Gasteiger partial charge is 0.253 e. The lowest BCUT2D eigenvalue weighted by atomic mass is 9.85. The number of hydrogen-bond acceptors (Lipinski definition) is 2. The lowest BCUT2D eigenvalue weighted by Gasteiger charge is -2.51. The minimum atomic E-state index is 0.134. The van der Waals surface area contributed by atoms with Gasteiger partial charge in [-0.05, 0) is 49.5 Å². The molecule has 1 aromatic carbocycles. The third-order valence-corrected chi connectivity index (χ3v) is 5.20. The Morgan fingerprint density at radius 2 is 1.76 bits per heavy atom. The molecular weight excluding hydrogens is 260 g/mol. The molecular formula is C18H26N2O. The van der Waals surface area contributed by atoms with E-state index in [-0.39, 0.29) is 16.9 Å². The summed E-state index contributed by atoms with van der Waals surface area (Å²) in [6, 6.07) is 8.13. The maximum absolute atomic E-state index is 12.5. The van der Waals surface area contributed by atoms with E-state index in [0.29, 0.717) is 0 Å². The average molecular weight is 286 g/mol. The highest BCUT2D eigenvalue weighted by Gasteiger charge is 2.50. The second-order valence-corrected chi connectivity index (χ2v) is 7.74. The number of likely N-dealkylation sites (N-methyl/N-ethyl adjacent to an activating group) is 1. The molecule has 2 aliphatic heterocycles. The third kappa shape index (κ3) is 2.48. The van der Waals surface area contributed by atoms with Crippen LogP contribution in [-0.2, 0) is 5.41 Å². The Morgan fingerprint density at radius 3 is 2.24 bits per heavy atom. The van der Waals surface area contributed by atoms with Gasteiger partial charge in [-0.1, -0.05) is 32.9 Å². The predicted molar refractivity (Wildman–Crippen MR) is 85.6 cm³/mol. The molecule has 0 radical (unpaired) electrons. The van der Waals surface area contributed by atoms with Gasteiger partial charge in [-0.2, -0.15) is 0 Å². The van der Waals surface area contributed by atoms with E-state index in [1.54, 1.807) is 0 Å². The van der Waals surface area contributed by atoms with E-state index in [4.69, 9.17) is 0 Å². The molecule has 114 valence electrons. The summed E-state index contributed by atoms with van der Waals surface area (Å²) in [5, 5.41) is 0. The highest BCUT2D eigenvalue weighted by Crippen LogP contribution is 2.37. The Kier molecular flexibility index (Phi) is 3.36. The van der Waals surface area contributed by atoms with E-state index < -0.39 is 0 Å². The largest absolute Gasteiger partial charge is 0.335 e. The van der Waals surface area contributed by atoms with Gasteiger partial charge >= 0.3 is 0 Å². The second-order valence-electron chi connectivity index (χ2n) is 7.74. The highest BCUT2D eigenvalue weighted by atomic mass is 16.2. The molecule has 2 aliphatic rings. The first-order valence-corrected chi connectivity index (χ1v) is 7.93. The lowest BCUT2D eigenvalue weighted by Crippen LogP contribution is -2.68. The van der Waals surface area contributed by atoms with Gasteiger partial charge < -0.3 is 4.90 Å². The van der Waals surface area contributed by atoms with Gasteiger partial charge in [-0.25, -0.2) is 0 Å². The number of rotatable bonds is 1. The van der Waals surface area contributed by atoms with E-state index >= 15 is 0 Å². The first-order valence-electron chi connectivity index (χ1n) is 7.93. The van der Waals surface area contributed by atoms with Crippen molar-refractivity contribution in [3.8, 4) is 0 Å². The quantitative estimate of drug-likeness (QED) is 0.792. The Morgan fingerprint density at radius 1 is 1.14 bits per heavy atom. The van der Waals surface area contributed by atoms with E-state index in [2.05, 4.69) is 44.9 Å². The van der Waals surface area contributed by atoms with Crippen molar-refractivity contribution in [1.29, 1.82) is 0 Å². The van der Waals surface area contributed by atoms with Gasteiger partial charge in [-0.15, -0.1) is 0 Å². The highest BCUT2D eigenvalue weighted by molar-refractivity contribution is 5.95. The van der Waals surface area contributed by atoms with Gasteiger partial charge in [0.15, 0.2) is 0 Å². The fraction of sp³-hybridized carbons (Fsp3) is 0.611. The van der Waals surface area contributed by atoms with Crippen molar-refractivity contribution in [2.75, 3.05) is 26.7 Å². The first kappa shape index (κ1) is 14.6. The number of benzene rings is 1. The Balaban J connectivity index is 1.67. The number of carbonyl (C=O) groups is 1. The lowest BCUT2D eigenvalue weighted by molar-refractivity contribution is -0.00729. The molecule has 0 saturated carbocycles. The fourth-order valence-electron chi connectivity index (χ4n) is 3.58. The molecule has 3 rings (SSSR count). The summed E-state index contributed by atoms with van der Waals surface area (Å²) >= 11 is 0.